The third-order valence-corrected chi connectivity index (χ3v) is 4.80. The molecule has 0 radical (unpaired) electrons. The summed E-state index contributed by atoms with van der Waals surface area (Å²) in [6.07, 6.45) is 0. The fourth-order valence-electron chi connectivity index (χ4n) is 2.55. The van der Waals surface area contributed by atoms with E-state index < -0.39 is 0 Å². The lowest BCUT2D eigenvalue weighted by atomic mass is 10.1. The number of carbonyl (C=O) groups excluding carboxylic acids is 1. The second-order valence-electron chi connectivity index (χ2n) is 5.53. The van der Waals surface area contributed by atoms with Gasteiger partial charge in [0.05, 0.1) is 19.9 Å². The Labute approximate surface area is 161 Å². The van der Waals surface area contributed by atoms with Crippen LogP contribution in [0, 0.1) is 0 Å². The summed E-state index contributed by atoms with van der Waals surface area (Å²) < 4.78 is 15.9. The molecule has 0 saturated heterocycles. The van der Waals surface area contributed by atoms with E-state index in [2.05, 4.69) is 17.4 Å². The minimum atomic E-state index is -0.324. The van der Waals surface area contributed by atoms with Crippen molar-refractivity contribution < 1.29 is 18.8 Å². The molecule has 2 aromatic carbocycles. The zero-order valence-corrected chi connectivity index (χ0v) is 16.1. The number of ether oxygens (including phenoxy) is 2. The van der Waals surface area contributed by atoms with E-state index in [1.54, 1.807) is 44.2 Å². The first-order valence-corrected chi connectivity index (χ1v) is 9.37. The lowest BCUT2D eigenvalue weighted by Crippen LogP contribution is -2.12. The molecular weight excluding hydrogens is 364 g/mol. The smallest absolute Gasteiger partial charge is 0.277 e. The number of hydrogen-bond acceptors (Lipinski definition) is 6. The van der Waals surface area contributed by atoms with Crippen LogP contribution in [0.2, 0.25) is 0 Å². The number of aromatic nitrogens is 1. The molecule has 3 rings (SSSR count). The second-order valence-corrected chi connectivity index (χ2v) is 6.84. The van der Waals surface area contributed by atoms with Crippen molar-refractivity contribution >= 4 is 23.4 Å². The van der Waals surface area contributed by atoms with Crippen LogP contribution in [-0.4, -0.2) is 31.0 Å². The molecule has 0 aliphatic rings. The van der Waals surface area contributed by atoms with Crippen LogP contribution in [-0.2, 0) is 0 Å². The number of nitrogens with one attached hydrogen (secondary N) is 1. The predicted octanol–water partition coefficient (Wildman–Crippen LogP) is 4.72. The van der Waals surface area contributed by atoms with Gasteiger partial charge in [-0.1, -0.05) is 24.2 Å². The average molecular weight is 384 g/mol. The number of methoxy groups -OCH3 is 2. The zero-order valence-electron chi connectivity index (χ0n) is 15.3. The number of amides is 1. The highest BCUT2D eigenvalue weighted by Crippen LogP contribution is 2.33. The van der Waals surface area contributed by atoms with Gasteiger partial charge in [-0.25, -0.2) is 0 Å². The standard InChI is InChI=1S/C20H20N2O4S/c1-4-27-19-8-6-5-7-14(19)21-20(23)15-12-17(26-22-15)13-9-10-16(24-2)18(11-13)25-3/h5-12H,4H2,1-3H3,(H,21,23). The van der Waals surface area contributed by atoms with Crippen molar-refractivity contribution in [2.24, 2.45) is 0 Å². The highest BCUT2D eigenvalue weighted by Gasteiger charge is 2.16. The summed E-state index contributed by atoms with van der Waals surface area (Å²) in [5.74, 6) is 2.25. The molecule has 1 aromatic heterocycles. The molecule has 0 fully saturated rings. The van der Waals surface area contributed by atoms with E-state index in [9.17, 15) is 4.79 Å². The molecule has 0 atom stereocenters. The van der Waals surface area contributed by atoms with Crippen molar-refractivity contribution in [2.75, 3.05) is 25.3 Å². The molecule has 1 heterocycles. The molecule has 27 heavy (non-hydrogen) atoms. The fraction of sp³-hybridized carbons (Fsp3) is 0.200. The van der Waals surface area contributed by atoms with E-state index in [0.717, 1.165) is 21.9 Å². The quantitative estimate of drug-likeness (QED) is 0.594. The molecular formula is C20H20N2O4S. The van der Waals surface area contributed by atoms with Gasteiger partial charge in [-0.3, -0.25) is 4.79 Å². The van der Waals surface area contributed by atoms with E-state index in [0.29, 0.717) is 17.3 Å². The summed E-state index contributed by atoms with van der Waals surface area (Å²) in [5.41, 5.74) is 1.70. The van der Waals surface area contributed by atoms with Crippen molar-refractivity contribution in [3.05, 3.63) is 54.2 Å². The van der Waals surface area contributed by atoms with Crippen LogP contribution in [0.25, 0.3) is 11.3 Å². The fourth-order valence-corrected chi connectivity index (χ4v) is 3.31. The number of benzene rings is 2. The number of para-hydroxylation sites is 1. The molecule has 6 nitrogen and oxygen atoms in total. The second kappa shape index (κ2) is 8.64. The van der Waals surface area contributed by atoms with Gasteiger partial charge in [-0.2, -0.15) is 0 Å². The van der Waals surface area contributed by atoms with Crippen molar-refractivity contribution in [3.63, 3.8) is 0 Å². The van der Waals surface area contributed by atoms with Crippen molar-refractivity contribution in [1.82, 2.24) is 5.16 Å². The maximum atomic E-state index is 12.6. The molecule has 0 saturated carbocycles. The van der Waals surface area contributed by atoms with Gasteiger partial charge >= 0.3 is 0 Å². The number of hydrogen-bond donors (Lipinski definition) is 1. The Morgan fingerprint density at radius 3 is 2.63 bits per heavy atom. The van der Waals surface area contributed by atoms with Crippen LogP contribution >= 0.6 is 11.8 Å². The van der Waals surface area contributed by atoms with Gasteiger partial charge in [-0.15, -0.1) is 11.8 Å². The SMILES string of the molecule is CCSc1ccccc1NC(=O)c1cc(-c2ccc(OC)c(OC)c2)on1. The highest BCUT2D eigenvalue weighted by molar-refractivity contribution is 7.99. The number of nitrogens with zero attached hydrogens (tertiary/aromatic N) is 1. The highest BCUT2D eigenvalue weighted by atomic mass is 32.2. The Kier molecular flexibility index (Phi) is 6.03. The average Bonchev–Trinajstić information content (AvgIpc) is 3.19. The van der Waals surface area contributed by atoms with Crippen molar-refractivity contribution in [2.45, 2.75) is 11.8 Å². The third-order valence-electron chi connectivity index (χ3n) is 3.85. The summed E-state index contributed by atoms with van der Waals surface area (Å²) in [7, 11) is 3.13. The molecule has 0 unspecified atom stereocenters. The van der Waals surface area contributed by atoms with Gasteiger partial charge in [-0.05, 0) is 36.1 Å². The Morgan fingerprint density at radius 2 is 1.89 bits per heavy atom. The lowest BCUT2D eigenvalue weighted by Gasteiger charge is -2.08. The van der Waals surface area contributed by atoms with Gasteiger partial charge in [0.2, 0.25) is 0 Å². The minimum Gasteiger partial charge on any atom is -0.493 e. The minimum absolute atomic E-state index is 0.205. The summed E-state index contributed by atoms with van der Waals surface area (Å²) in [5, 5.41) is 6.79. The monoisotopic (exact) mass is 384 g/mol. The van der Waals surface area contributed by atoms with Gasteiger partial charge in [0.25, 0.3) is 5.91 Å². The van der Waals surface area contributed by atoms with Gasteiger partial charge in [0, 0.05) is 16.5 Å². The summed E-state index contributed by atoms with van der Waals surface area (Å²) in [4.78, 5) is 13.6. The topological polar surface area (TPSA) is 73.6 Å². The Bertz CT molecular complexity index is 939. The summed E-state index contributed by atoms with van der Waals surface area (Å²) in [6, 6.07) is 14.6. The first-order chi connectivity index (χ1) is 13.2. The maximum Gasteiger partial charge on any atom is 0.277 e. The molecule has 0 spiro atoms. The number of thioether (sulfide) groups is 1. The van der Waals surface area contributed by atoms with Crippen molar-refractivity contribution in [3.8, 4) is 22.8 Å². The van der Waals surface area contributed by atoms with E-state index in [1.807, 2.05) is 30.3 Å². The Balaban J connectivity index is 1.81. The van der Waals surface area contributed by atoms with E-state index in [1.165, 1.54) is 0 Å². The molecule has 1 N–H and O–H groups in total. The van der Waals surface area contributed by atoms with E-state index in [-0.39, 0.29) is 11.6 Å². The molecule has 0 aliphatic heterocycles. The van der Waals surface area contributed by atoms with Crippen LogP contribution in [0.3, 0.4) is 0 Å². The van der Waals surface area contributed by atoms with Crippen LogP contribution < -0.4 is 14.8 Å². The summed E-state index contributed by atoms with van der Waals surface area (Å²) >= 11 is 1.66. The molecule has 1 amide bonds. The van der Waals surface area contributed by atoms with E-state index >= 15 is 0 Å². The lowest BCUT2D eigenvalue weighted by molar-refractivity contribution is 0.101. The number of carbonyl (C=O) groups is 1. The van der Waals surface area contributed by atoms with Gasteiger partial charge < -0.3 is 19.3 Å². The molecule has 0 bridgehead atoms. The first-order valence-electron chi connectivity index (χ1n) is 8.38. The number of anilines is 1. The van der Waals surface area contributed by atoms with Crippen LogP contribution in [0.4, 0.5) is 5.69 Å². The maximum absolute atomic E-state index is 12.6. The van der Waals surface area contributed by atoms with Gasteiger partial charge in [0.15, 0.2) is 23.0 Å². The third kappa shape index (κ3) is 4.25. The van der Waals surface area contributed by atoms with Crippen LogP contribution in [0.5, 0.6) is 11.5 Å². The Hall–Kier alpha value is -2.93. The first kappa shape index (κ1) is 18.8. The molecule has 3 aromatic rings. The zero-order chi connectivity index (χ0) is 19.2. The largest absolute Gasteiger partial charge is 0.493 e. The van der Waals surface area contributed by atoms with E-state index in [4.69, 9.17) is 14.0 Å². The van der Waals surface area contributed by atoms with Gasteiger partial charge in [0.1, 0.15) is 0 Å². The molecule has 7 heteroatoms. The van der Waals surface area contributed by atoms with Crippen LogP contribution in [0.15, 0.2) is 57.9 Å². The summed E-state index contributed by atoms with van der Waals surface area (Å²) in [6.45, 7) is 2.07. The normalized spacial score (nSPS) is 10.5. The molecule has 140 valence electrons. The Morgan fingerprint density at radius 1 is 1.11 bits per heavy atom. The van der Waals surface area contributed by atoms with Crippen LogP contribution in [0.1, 0.15) is 17.4 Å². The predicted molar refractivity (Wildman–Crippen MR) is 106 cm³/mol. The molecule has 0 aliphatic carbocycles. The number of rotatable bonds is 7. The van der Waals surface area contributed by atoms with Crippen molar-refractivity contribution in [1.29, 1.82) is 0 Å².